The molecule has 0 saturated carbocycles. The van der Waals surface area contributed by atoms with Crippen LogP contribution in [0.1, 0.15) is 43.8 Å². The van der Waals surface area contributed by atoms with E-state index in [1.165, 1.54) is 12.3 Å². The van der Waals surface area contributed by atoms with Crippen LogP contribution in [0.5, 0.6) is 5.75 Å². The van der Waals surface area contributed by atoms with Gasteiger partial charge >= 0.3 is 6.18 Å². The molecule has 0 amide bonds. The van der Waals surface area contributed by atoms with E-state index in [2.05, 4.69) is 15.0 Å². The Morgan fingerprint density at radius 1 is 1.11 bits per heavy atom. The van der Waals surface area contributed by atoms with E-state index >= 15 is 4.39 Å². The molecular formula is C23H19Cl2F4N5O. The number of fused-ring (bicyclic) bond motifs is 1. The number of nitrogens with two attached hydrogens (primary N) is 1. The van der Waals surface area contributed by atoms with Gasteiger partial charge in [0, 0.05) is 35.6 Å². The van der Waals surface area contributed by atoms with Crippen molar-refractivity contribution in [1.82, 2.24) is 19.4 Å². The summed E-state index contributed by atoms with van der Waals surface area (Å²) in [6, 6.07) is 3.30. The molecule has 184 valence electrons. The number of alkyl halides is 3. The van der Waals surface area contributed by atoms with E-state index in [4.69, 9.17) is 33.7 Å². The number of pyridine rings is 1. The van der Waals surface area contributed by atoms with Crippen LogP contribution in [-0.2, 0) is 6.18 Å². The fraction of sp³-hybridized carbons (Fsp3) is 0.261. The van der Waals surface area contributed by atoms with Crippen LogP contribution < -0.4 is 10.5 Å². The minimum atomic E-state index is -4.64. The molecule has 0 aliphatic heterocycles. The molecular weight excluding hydrogens is 509 g/mol. The summed E-state index contributed by atoms with van der Waals surface area (Å²) >= 11 is 12.6. The Labute approximate surface area is 207 Å². The van der Waals surface area contributed by atoms with Gasteiger partial charge in [-0.15, -0.1) is 0 Å². The largest absolute Gasteiger partial charge is 0.490 e. The minimum Gasteiger partial charge on any atom is -0.490 e. The van der Waals surface area contributed by atoms with Gasteiger partial charge in [-0.2, -0.15) is 13.2 Å². The number of halogens is 6. The molecule has 0 unspecified atom stereocenters. The highest BCUT2D eigenvalue weighted by Gasteiger charge is 2.33. The summed E-state index contributed by atoms with van der Waals surface area (Å²) in [5, 5.41) is -0.116. The average molecular weight is 528 g/mol. The van der Waals surface area contributed by atoms with Gasteiger partial charge in [-0.25, -0.2) is 14.4 Å². The van der Waals surface area contributed by atoms with Crippen molar-refractivity contribution in [1.29, 1.82) is 0 Å². The van der Waals surface area contributed by atoms with Crippen LogP contribution >= 0.6 is 23.2 Å². The van der Waals surface area contributed by atoms with Crippen LogP contribution in [-0.4, -0.2) is 25.5 Å². The Bertz CT molecular complexity index is 1400. The molecule has 3 heterocycles. The predicted molar refractivity (Wildman–Crippen MR) is 125 cm³/mol. The van der Waals surface area contributed by atoms with E-state index in [1.807, 2.05) is 0 Å². The molecule has 4 aromatic rings. The van der Waals surface area contributed by atoms with Gasteiger partial charge in [-0.05, 0) is 26.0 Å². The van der Waals surface area contributed by atoms with Crippen LogP contribution in [0.15, 0.2) is 36.8 Å². The standard InChI is InChI=1S/C23H19Cl2F4N5O/c1-10(2)35-19-13(11(3)22-33-20(25)18-21(30)31-6-7-34(18)22)8-14(24)17(26)16(19)12-4-5-15(32-9-12)23(27,28)29/h4-11H,1-3H3,(H2,30,31)/t11-/m1/s1. The Morgan fingerprint density at radius 3 is 2.43 bits per heavy atom. The fourth-order valence-electron chi connectivity index (χ4n) is 3.77. The zero-order chi connectivity index (χ0) is 25.7. The number of nitrogens with zero attached hydrogens (tertiary/aromatic N) is 4. The smallest absolute Gasteiger partial charge is 0.433 e. The highest BCUT2D eigenvalue weighted by Crippen LogP contribution is 2.45. The third-order valence-corrected chi connectivity index (χ3v) is 5.86. The van der Waals surface area contributed by atoms with Crippen LogP contribution in [0.25, 0.3) is 16.6 Å². The van der Waals surface area contributed by atoms with E-state index in [-0.39, 0.29) is 32.9 Å². The van der Waals surface area contributed by atoms with Crippen LogP contribution in [0.4, 0.5) is 23.4 Å². The maximum Gasteiger partial charge on any atom is 0.433 e. The number of ether oxygens (including phenoxy) is 1. The number of anilines is 1. The van der Waals surface area contributed by atoms with E-state index in [1.54, 1.807) is 31.4 Å². The van der Waals surface area contributed by atoms with E-state index in [0.29, 0.717) is 16.9 Å². The number of hydrogen-bond acceptors (Lipinski definition) is 5. The van der Waals surface area contributed by atoms with Crippen molar-refractivity contribution in [3.8, 4) is 16.9 Å². The lowest BCUT2D eigenvalue weighted by Gasteiger charge is -2.23. The van der Waals surface area contributed by atoms with Crippen molar-refractivity contribution in [3.05, 3.63) is 69.9 Å². The molecule has 0 bridgehead atoms. The summed E-state index contributed by atoms with van der Waals surface area (Å²) in [7, 11) is 0. The summed E-state index contributed by atoms with van der Waals surface area (Å²) in [6.45, 7) is 5.26. The Balaban J connectivity index is 1.95. The maximum absolute atomic E-state index is 15.4. The molecule has 0 fully saturated rings. The van der Waals surface area contributed by atoms with Gasteiger partial charge < -0.3 is 10.5 Å². The van der Waals surface area contributed by atoms with Gasteiger partial charge in [0.25, 0.3) is 0 Å². The molecule has 6 nitrogen and oxygen atoms in total. The Kier molecular flexibility index (Phi) is 6.54. The SMILES string of the molecule is CC(C)Oc1c([C@@H](C)c2nc(Cl)c3c(N)nccn23)cc(Cl)c(F)c1-c1ccc(C(F)(F)F)nc1. The van der Waals surface area contributed by atoms with Gasteiger partial charge in [-0.1, -0.05) is 36.2 Å². The first-order valence-electron chi connectivity index (χ1n) is 10.4. The van der Waals surface area contributed by atoms with Crippen molar-refractivity contribution < 1.29 is 22.3 Å². The number of rotatable bonds is 5. The number of aromatic nitrogens is 4. The number of imidazole rings is 1. The first-order valence-corrected chi connectivity index (χ1v) is 11.2. The van der Waals surface area contributed by atoms with Gasteiger partial charge in [0.2, 0.25) is 0 Å². The predicted octanol–water partition coefficient (Wildman–Crippen LogP) is 6.78. The number of nitrogen functional groups attached to an aromatic ring is 1. The van der Waals surface area contributed by atoms with E-state index in [9.17, 15) is 13.2 Å². The molecule has 0 radical (unpaired) electrons. The van der Waals surface area contributed by atoms with Crippen molar-refractivity contribution in [3.63, 3.8) is 0 Å². The molecule has 1 atom stereocenters. The number of benzene rings is 1. The summed E-state index contributed by atoms with van der Waals surface area (Å²) in [4.78, 5) is 11.9. The van der Waals surface area contributed by atoms with Gasteiger partial charge in [0.15, 0.2) is 16.8 Å². The molecule has 0 saturated heterocycles. The normalized spacial score (nSPS) is 13.0. The van der Waals surface area contributed by atoms with Gasteiger partial charge in [0.1, 0.15) is 22.8 Å². The lowest BCUT2D eigenvalue weighted by molar-refractivity contribution is -0.141. The van der Waals surface area contributed by atoms with Crippen molar-refractivity contribution in [2.24, 2.45) is 0 Å². The Morgan fingerprint density at radius 2 is 1.83 bits per heavy atom. The zero-order valence-corrected chi connectivity index (χ0v) is 20.2. The maximum atomic E-state index is 15.4. The summed E-state index contributed by atoms with van der Waals surface area (Å²) < 4.78 is 62.1. The molecule has 0 aliphatic carbocycles. The average Bonchev–Trinajstić information content (AvgIpc) is 3.13. The van der Waals surface area contributed by atoms with E-state index < -0.39 is 29.7 Å². The highest BCUT2D eigenvalue weighted by molar-refractivity contribution is 6.33. The lowest BCUT2D eigenvalue weighted by Crippen LogP contribution is -2.13. The molecule has 0 spiro atoms. The van der Waals surface area contributed by atoms with Gasteiger partial charge in [-0.3, -0.25) is 9.38 Å². The molecule has 3 aromatic heterocycles. The monoisotopic (exact) mass is 527 g/mol. The summed E-state index contributed by atoms with van der Waals surface area (Å²) in [6.07, 6.45) is -0.986. The molecule has 1 aromatic carbocycles. The van der Waals surface area contributed by atoms with Crippen LogP contribution in [0.3, 0.4) is 0 Å². The third-order valence-electron chi connectivity index (χ3n) is 5.32. The van der Waals surface area contributed by atoms with E-state index in [0.717, 1.165) is 18.3 Å². The first kappa shape index (κ1) is 25.0. The topological polar surface area (TPSA) is 78.3 Å². The lowest BCUT2D eigenvalue weighted by atomic mass is 9.93. The fourth-order valence-corrected chi connectivity index (χ4v) is 4.25. The van der Waals surface area contributed by atoms with Crippen molar-refractivity contribution >= 4 is 34.5 Å². The minimum absolute atomic E-state index is 0.0709. The zero-order valence-electron chi connectivity index (χ0n) is 18.7. The first-order chi connectivity index (χ1) is 16.4. The van der Waals surface area contributed by atoms with Crippen molar-refractivity contribution in [2.45, 2.75) is 39.0 Å². The van der Waals surface area contributed by atoms with Crippen LogP contribution in [0, 0.1) is 5.82 Å². The molecule has 12 heteroatoms. The molecule has 4 rings (SSSR count). The van der Waals surface area contributed by atoms with Crippen molar-refractivity contribution in [2.75, 3.05) is 5.73 Å². The second kappa shape index (κ2) is 9.16. The highest BCUT2D eigenvalue weighted by atomic mass is 35.5. The second-order valence-corrected chi connectivity index (χ2v) is 8.84. The molecule has 0 aliphatic rings. The third kappa shape index (κ3) is 4.60. The molecule has 35 heavy (non-hydrogen) atoms. The van der Waals surface area contributed by atoms with Crippen LogP contribution in [0.2, 0.25) is 10.2 Å². The second-order valence-electron chi connectivity index (χ2n) is 8.08. The quantitative estimate of drug-likeness (QED) is 0.289. The van der Waals surface area contributed by atoms with Gasteiger partial charge in [0.05, 0.1) is 16.7 Å². The number of hydrogen-bond donors (Lipinski definition) is 1. The molecule has 2 N–H and O–H groups in total. The summed E-state index contributed by atoms with van der Waals surface area (Å²) in [5.74, 6) is -0.669. The Hall–Kier alpha value is -3.11. The summed E-state index contributed by atoms with van der Waals surface area (Å²) in [5.41, 5.74) is 5.66.